The smallest absolute Gasteiger partial charge is 0.407 e. The molecular formula is C26H28N2O5. The van der Waals surface area contributed by atoms with Crippen LogP contribution in [0, 0.1) is 5.41 Å². The number of aliphatic carboxylic acids is 1. The van der Waals surface area contributed by atoms with Gasteiger partial charge in [0.1, 0.15) is 12.6 Å². The number of amides is 2. The Balaban J connectivity index is 1.36. The minimum atomic E-state index is -0.905. The molecule has 4 rings (SSSR count). The number of rotatable bonds is 9. The van der Waals surface area contributed by atoms with Gasteiger partial charge >= 0.3 is 12.1 Å². The molecule has 0 spiro atoms. The van der Waals surface area contributed by atoms with Crippen molar-refractivity contribution in [2.45, 2.75) is 37.6 Å². The Labute approximate surface area is 192 Å². The molecule has 172 valence electrons. The molecule has 1 saturated carbocycles. The standard InChI is InChI=1S/C26H28N2O5/c1-2-8-22(23(29)27-16-26(24(30)31)13-7-14-26)28-25(32)33-15-21-19-11-5-3-9-17(19)18-10-4-6-12-20(18)21/h2-6,9-12,21-22H,1,7-8,13-16H2,(H,27,29)(H,28,32)(H,30,31). The first-order chi connectivity index (χ1) is 15.9. The van der Waals surface area contributed by atoms with Crippen LogP contribution >= 0.6 is 0 Å². The van der Waals surface area contributed by atoms with Crippen LogP contribution in [0.25, 0.3) is 11.1 Å². The van der Waals surface area contributed by atoms with E-state index < -0.39 is 29.4 Å². The second-order valence-corrected chi connectivity index (χ2v) is 8.70. The molecule has 2 amide bonds. The number of ether oxygens (including phenoxy) is 1. The highest BCUT2D eigenvalue weighted by Crippen LogP contribution is 2.44. The van der Waals surface area contributed by atoms with Gasteiger partial charge in [-0.3, -0.25) is 9.59 Å². The average molecular weight is 449 g/mol. The lowest BCUT2D eigenvalue weighted by Crippen LogP contribution is -2.52. The van der Waals surface area contributed by atoms with Crippen molar-refractivity contribution >= 4 is 18.0 Å². The number of alkyl carbamates (subject to hydrolysis) is 1. The third-order valence-corrected chi connectivity index (χ3v) is 6.72. The summed E-state index contributed by atoms with van der Waals surface area (Å²) in [5.41, 5.74) is 3.57. The quantitative estimate of drug-likeness (QED) is 0.506. The fourth-order valence-corrected chi connectivity index (χ4v) is 4.63. The Morgan fingerprint density at radius 3 is 2.21 bits per heavy atom. The van der Waals surface area contributed by atoms with Crippen molar-refractivity contribution in [3.05, 3.63) is 72.3 Å². The van der Waals surface area contributed by atoms with Gasteiger partial charge in [0.2, 0.25) is 5.91 Å². The molecule has 2 aromatic rings. The SMILES string of the molecule is C=CCC(NC(=O)OCC1c2ccccc2-c2ccccc21)C(=O)NCC1(C(=O)O)CCC1. The molecule has 1 atom stereocenters. The Kier molecular flexibility index (Phi) is 6.49. The maximum Gasteiger partial charge on any atom is 0.407 e. The van der Waals surface area contributed by atoms with E-state index in [2.05, 4.69) is 29.3 Å². The van der Waals surface area contributed by atoms with Gasteiger partial charge in [0.05, 0.1) is 5.41 Å². The van der Waals surface area contributed by atoms with E-state index in [0.717, 1.165) is 28.7 Å². The molecule has 0 radical (unpaired) electrons. The van der Waals surface area contributed by atoms with E-state index in [9.17, 15) is 19.5 Å². The molecule has 0 heterocycles. The van der Waals surface area contributed by atoms with Gasteiger partial charge in [-0.2, -0.15) is 0 Å². The number of carbonyl (C=O) groups excluding carboxylic acids is 2. The summed E-state index contributed by atoms with van der Waals surface area (Å²) in [6, 6.07) is 15.2. The number of carboxylic acids is 1. The predicted molar refractivity (Wildman–Crippen MR) is 124 cm³/mol. The molecule has 7 nitrogen and oxygen atoms in total. The summed E-state index contributed by atoms with van der Waals surface area (Å²) < 4.78 is 5.52. The number of fused-ring (bicyclic) bond motifs is 3. The lowest BCUT2D eigenvalue weighted by atomic mass is 9.69. The van der Waals surface area contributed by atoms with Gasteiger partial charge < -0.3 is 20.5 Å². The molecule has 3 N–H and O–H groups in total. The molecule has 2 aliphatic rings. The van der Waals surface area contributed by atoms with Crippen LogP contribution < -0.4 is 10.6 Å². The summed E-state index contributed by atoms with van der Waals surface area (Å²) in [6.07, 6.45) is 2.94. The van der Waals surface area contributed by atoms with Crippen LogP contribution in [0.3, 0.4) is 0 Å². The minimum absolute atomic E-state index is 0.0428. The molecule has 1 unspecified atom stereocenters. The van der Waals surface area contributed by atoms with Crippen molar-refractivity contribution < 1.29 is 24.2 Å². The van der Waals surface area contributed by atoms with Gasteiger partial charge in [0.25, 0.3) is 0 Å². The van der Waals surface area contributed by atoms with Crippen molar-refractivity contribution in [3.8, 4) is 11.1 Å². The third kappa shape index (κ3) is 4.49. The zero-order chi connectivity index (χ0) is 23.4. The van der Waals surface area contributed by atoms with Crippen molar-refractivity contribution in [1.29, 1.82) is 0 Å². The first kappa shape index (κ1) is 22.6. The normalized spacial score (nSPS) is 16.5. The zero-order valence-corrected chi connectivity index (χ0v) is 18.4. The van der Waals surface area contributed by atoms with Crippen LogP contribution in [0.1, 0.15) is 42.7 Å². The molecule has 1 fully saturated rings. The van der Waals surface area contributed by atoms with E-state index in [1.54, 1.807) is 0 Å². The average Bonchev–Trinajstić information content (AvgIpc) is 3.10. The molecule has 2 aromatic carbocycles. The maximum absolute atomic E-state index is 12.6. The molecular weight excluding hydrogens is 420 g/mol. The third-order valence-electron chi connectivity index (χ3n) is 6.72. The van der Waals surface area contributed by atoms with Gasteiger partial charge in [-0.25, -0.2) is 4.79 Å². The van der Waals surface area contributed by atoms with Gasteiger partial charge in [-0.05, 0) is 41.5 Å². The first-order valence-electron chi connectivity index (χ1n) is 11.2. The molecule has 2 aliphatic carbocycles. The Hall–Kier alpha value is -3.61. The van der Waals surface area contributed by atoms with E-state index in [-0.39, 0.29) is 25.5 Å². The number of benzene rings is 2. The van der Waals surface area contributed by atoms with Gasteiger partial charge in [-0.15, -0.1) is 6.58 Å². The number of carboxylic acid groups (broad SMARTS) is 1. The topological polar surface area (TPSA) is 105 Å². The van der Waals surface area contributed by atoms with Crippen molar-refractivity contribution in [2.24, 2.45) is 5.41 Å². The van der Waals surface area contributed by atoms with E-state index in [0.29, 0.717) is 12.8 Å². The molecule has 0 saturated heterocycles. The highest BCUT2D eigenvalue weighted by atomic mass is 16.5. The Morgan fingerprint density at radius 1 is 1.09 bits per heavy atom. The highest BCUT2D eigenvalue weighted by molar-refractivity contribution is 5.87. The summed E-state index contributed by atoms with van der Waals surface area (Å²) in [7, 11) is 0. The summed E-state index contributed by atoms with van der Waals surface area (Å²) in [4.78, 5) is 36.7. The number of carbonyl (C=O) groups is 3. The Bertz CT molecular complexity index is 1030. The van der Waals surface area contributed by atoms with E-state index >= 15 is 0 Å². The van der Waals surface area contributed by atoms with E-state index in [1.165, 1.54) is 6.08 Å². The summed E-state index contributed by atoms with van der Waals surface area (Å²) in [6.45, 7) is 3.83. The lowest BCUT2D eigenvalue weighted by Gasteiger charge is -2.37. The second kappa shape index (κ2) is 9.48. The van der Waals surface area contributed by atoms with Crippen molar-refractivity contribution in [3.63, 3.8) is 0 Å². The van der Waals surface area contributed by atoms with Crippen LogP contribution in [0.5, 0.6) is 0 Å². The second-order valence-electron chi connectivity index (χ2n) is 8.70. The Morgan fingerprint density at radius 2 is 1.70 bits per heavy atom. The molecule has 0 bridgehead atoms. The summed E-state index contributed by atoms with van der Waals surface area (Å²) >= 11 is 0. The molecule has 7 heteroatoms. The largest absolute Gasteiger partial charge is 0.481 e. The zero-order valence-electron chi connectivity index (χ0n) is 18.4. The van der Waals surface area contributed by atoms with Crippen LogP contribution in [0.2, 0.25) is 0 Å². The maximum atomic E-state index is 12.6. The predicted octanol–water partition coefficient (Wildman–Crippen LogP) is 3.84. The fourth-order valence-electron chi connectivity index (χ4n) is 4.63. The summed E-state index contributed by atoms with van der Waals surface area (Å²) in [5.74, 6) is -1.43. The highest BCUT2D eigenvalue weighted by Gasteiger charge is 2.44. The minimum Gasteiger partial charge on any atom is -0.481 e. The van der Waals surface area contributed by atoms with Crippen molar-refractivity contribution in [1.82, 2.24) is 10.6 Å². The van der Waals surface area contributed by atoms with Crippen molar-refractivity contribution in [2.75, 3.05) is 13.2 Å². The monoisotopic (exact) mass is 448 g/mol. The number of nitrogens with one attached hydrogen (secondary N) is 2. The van der Waals surface area contributed by atoms with Crippen LogP contribution in [0.15, 0.2) is 61.2 Å². The number of hydrogen-bond donors (Lipinski definition) is 3. The summed E-state index contributed by atoms with van der Waals surface area (Å²) in [5, 5.41) is 14.7. The van der Waals surface area contributed by atoms with E-state index in [4.69, 9.17) is 4.74 Å². The molecule has 33 heavy (non-hydrogen) atoms. The molecule has 0 aliphatic heterocycles. The van der Waals surface area contributed by atoms with Crippen LogP contribution in [-0.2, 0) is 14.3 Å². The van der Waals surface area contributed by atoms with Gasteiger partial charge in [0.15, 0.2) is 0 Å². The van der Waals surface area contributed by atoms with Crippen LogP contribution in [-0.4, -0.2) is 42.3 Å². The van der Waals surface area contributed by atoms with Gasteiger partial charge in [-0.1, -0.05) is 61.0 Å². The number of hydrogen-bond acceptors (Lipinski definition) is 4. The molecule has 0 aromatic heterocycles. The lowest BCUT2D eigenvalue weighted by molar-refractivity contribution is -0.154. The first-order valence-corrected chi connectivity index (χ1v) is 11.2. The van der Waals surface area contributed by atoms with Crippen LogP contribution in [0.4, 0.5) is 4.79 Å². The van der Waals surface area contributed by atoms with Gasteiger partial charge in [0, 0.05) is 12.5 Å². The fraction of sp³-hybridized carbons (Fsp3) is 0.346. The van der Waals surface area contributed by atoms with E-state index in [1.807, 2.05) is 36.4 Å².